The number of rotatable bonds is 8. The van der Waals surface area contributed by atoms with Gasteiger partial charge in [-0.05, 0) is 43.4 Å². The molecule has 0 bridgehead atoms. The van der Waals surface area contributed by atoms with E-state index in [4.69, 9.17) is 11.6 Å². The first-order valence-corrected chi connectivity index (χ1v) is 12.3. The van der Waals surface area contributed by atoms with E-state index in [0.717, 1.165) is 29.8 Å². The summed E-state index contributed by atoms with van der Waals surface area (Å²) in [6.07, 6.45) is 16.1. The Balaban J connectivity index is 1.57. The molecule has 5 heteroatoms. The number of nitrogens with one attached hydrogen (secondary N) is 2. The van der Waals surface area contributed by atoms with E-state index in [2.05, 4.69) is 10.6 Å². The molecule has 0 aromatic heterocycles. The Bertz CT molecular complexity index is 606. The van der Waals surface area contributed by atoms with Gasteiger partial charge in [0.15, 0.2) is 0 Å². The van der Waals surface area contributed by atoms with E-state index in [-0.39, 0.29) is 11.8 Å². The highest BCUT2D eigenvalue weighted by molar-refractivity contribution is 6.30. The van der Waals surface area contributed by atoms with Crippen molar-refractivity contribution >= 4 is 23.4 Å². The molecule has 1 aromatic rings. The average molecular weight is 435 g/mol. The van der Waals surface area contributed by atoms with Crippen LogP contribution in [-0.4, -0.2) is 24.4 Å². The quantitative estimate of drug-likeness (QED) is 0.530. The Kier molecular flexibility index (Phi) is 12.6. The van der Waals surface area contributed by atoms with Gasteiger partial charge in [0.2, 0.25) is 11.8 Å². The average Bonchev–Trinajstić information content (AvgIpc) is 2.71. The van der Waals surface area contributed by atoms with E-state index in [1.165, 1.54) is 57.8 Å². The molecule has 30 heavy (non-hydrogen) atoms. The maximum absolute atomic E-state index is 12.3. The van der Waals surface area contributed by atoms with Gasteiger partial charge in [-0.3, -0.25) is 9.59 Å². The zero-order valence-corrected chi connectivity index (χ0v) is 19.2. The maximum Gasteiger partial charge on any atom is 0.220 e. The second kappa shape index (κ2) is 15.3. The predicted octanol–water partition coefficient (Wildman–Crippen LogP) is 5.96. The summed E-state index contributed by atoms with van der Waals surface area (Å²) in [6, 6.07) is 7.98. The first kappa shape index (κ1) is 24.7. The maximum atomic E-state index is 12.3. The fourth-order valence-electron chi connectivity index (χ4n) is 4.10. The molecule has 1 aliphatic rings. The number of carbonyl (C=O) groups is 2. The Morgan fingerprint density at radius 1 is 0.800 bits per heavy atom. The van der Waals surface area contributed by atoms with Crippen LogP contribution in [0.15, 0.2) is 24.3 Å². The topological polar surface area (TPSA) is 58.2 Å². The summed E-state index contributed by atoms with van der Waals surface area (Å²) >= 11 is 5.88. The molecule has 0 saturated heterocycles. The Morgan fingerprint density at radius 3 is 1.93 bits per heavy atom. The molecule has 0 unspecified atom stereocenters. The Morgan fingerprint density at radius 2 is 1.33 bits per heavy atom. The number of hydrogen-bond acceptors (Lipinski definition) is 2. The second-order valence-corrected chi connectivity index (χ2v) is 9.04. The lowest BCUT2D eigenvalue weighted by molar-refractivity contribution is -0.122. The molecule has 0 aliphatic heterocycles. The molecule has 0 spiro atoms. The summed E-state index contributed by atoms with van der Waals surface area (Å²) in [6.45, 7) is 0.606. The molecule has 1 saturated carbocycles. The van der Waals surface area contributed by atoms with Crippen molar-refractivity contribution in [2.75, 3.05) is 6.54 Å². The van der Waals surface area contributed by atoms with Crippen molar-refractivity contribution in [3.8, 4) is 0 Å². The molecule has 0 radical (unpaired) electrons. The van der Waals surface area contributed by atoms with E-state index in [1.807, 2.05) is 24.3 Å². The second-order valence-electron chi connectivity index (χ2n) is 8.60. The van der Waals surface area contributed by atoms with Crippen LogP contribution >= 0.6 is 11.6 Å². The first-order valence-electron chi connectivity index (χ1n) is 11.9. The van der Waals surface area contributed by atoms with E-state index in [9.17, 15) is 9.59 Å². The summed E-state index contributed by atoms with van der Waals surface area (Å²) in [5.41, 5.74) is 1.15. The summed E-state index contributed by atoms with van der Waals surface area (Å²) in [5.74, 6) is 0.115. The summed E-state index contributed by atoms with van der Waals surface area (Å²) in [7, 11) is 0. The smallest absolute Gasteiger partial charge is 0.220 e. The molecule has 0 heterocycles. The van der Waals surface area contributed by atoms with Gasteiger partial charge in [-0.15, -0.1) is 0 Å². The SMILES string of the molecule is O=C(CCCC(=O)NC1CCCCCCCCCCC1)NCCc1ccc(Cl)cc1. The summed E-state index contributed by atoms with van der Waals surface area (Å²) in [4.78, 5) is 24.4. The number of benzene rings is 1. The van der Waals surface area contributed by atoms with Crippen molar-refractivity contribution in [2.24, 2.45) is 0 Å². The van der Waals surface area contributed by atoms with Crippen LogP contribution in [-0.2, 0) is 16.0 Å². The van der Waals surface area contributed by atoms with Gasteiger partial charge in [-0.25, -0.2) is 0 Å². The van der Waals surface area contributed by atoms with Crippen LogP contribution in [0.2, 0.25) is 5.02 Å². The third-order valence-electron chi connectivity index (χ3n) is 5.93. The number of amides is 2. The molecule has 4 nitrogen and oxygen atoms in total. The zero-order valence-electron chi connectivity index (χ0n) is 18.4. The third kappa shape index (κ3) is 11.6. The third-order valence-corrected chi connectivity index (χ3v) is 6.18. The monoisotopic (exact) mass is 434 g/mol. The van der Waals surface area contributed by atoms with Crippen LogP contribution in [0.4, 0.5) is 0 Å². The minimum Gasteiger partial charge on any atom is -0.356 e. The molecule has 168 valence electrons. The Hall–Kier alpha value is -1.55. The van der Waals surface area contributed by atoms with Crippen molar-refractivity contribution in [1.29, 1.82) is 0 Å². The molecule has 1 fully saturated rings. The van der Waals surface area contributed by atoms with Gasteiger partial charge in [-0.1, -0.05) is 81.5 Å². The normalized spacial score (nSPS) is 16.8. The molecule has 1 aliphatic carbocycles. The summed E-state index contributed by atoms with van der Waals surface area (Å²) < 4.78 is 0. The number of carbonyl (C=O) groups excluding carboxylic acids is 2. The van der Waals surface area contributed by atoms with Crippen LogP contribution < -0.4 is 10.6 Å². The Labute approximate surface area is 187 Å². The predicted molar refractivity (Wildman–Crippen MR) is 125 cm³/mol. The van der Waals surface area contributed by atoms with E-state index in [0.29, 0.717) is 31.8 Å². The highest BCUT2D eigenvalue weighted by atomic mass is 35.5. The lowest BCUT2D eigenvalue weighted by Crippen LogP contribution is -2.35. The van der Waals surface area contributed by atoms with Crippen LogP contribution in [0.5, 0.6) is 0 Å². The highest BCUT2D eigenvalue weighted by Crippen LogP contribution is 2.17. The molecule has 2 amide bonds. The van der Waals surface area contributed by atoms with Crippen LogP contribution in [0.25, 0.3) is 0 Å². The molecule has 0 atom stereocenters. The lowest BCUT2D eigenvalue weighted by Gasteiger charge is -2.19. The van der Waals surface area contributed by atoms with E-state index in [1.54, 1.807) is 0 Å². The first-order chi connectivity index (χ1) is 14.6. The van der Waals surface area contributed by atoms with Gasteiger partial charge < -0.3 is 10.6 Å². The zero-order chi connectivity index (χ0) is 21.4. The van der Waals surface area contributed by atoms with Crippen molar-refractivity contribution in [3.05, 3.63) is 34.9 Å². The lowest BCUT2D eigenvalue weighted by atomic mass is 9.98. The molecule has 2 rings (SSSR count). The molecule has 1 aromatic carbocycles. The highest BCUT2D eigenvalue weighted by Gasteiger charge is 2.13. The molecular weight excluding hydrogens is 396 g/mol. The minimum atomic E-state index is 0.0165. The van der Waals surface area contributed by atoms with Crippen molar-refractivity contribution in [1.82, 2.24) is 10.6 Å². The summed E-state index contributed by atoms with van der Waals surface area (Å²) in [5, 5.41) is 6.89. The van der Waals surface area contributed by atoms with Gasteiger partial charge in [0, 0.05) is 30.5 Å². The van der Waals surface area contributed by atoms with Crippen molar-refractivity contribution in [3.63, 3.8) is 0 Å². The van der Waals surface area contributed by atoms with Crippen molar-refractivity contribution in [2.45, 2.75) is 102 Å². The minimum absolute atomic E-state index is 0.0165. The van der Waals surface area contributed by atoms with Gasteiger partial charge in [-0.2, -0.15) is 0 Å². The van der Waals surface area contributed by atoms with Gasteiger partial charge in [0.25, 0.3) is 0 Å². The molecular formula is C25H39ClN2O2. The number of hydrogen-bond donors (Lipinski definition) is 2. The van der Waals surface area contributed by atoms with Crippen LogP contribution in [0.1, 0.15) is 95.5 Å². The van der Waals surface area contributed by atoms with E-state index < -0.39 is 0 Å². The van der Waals surface area contributed by atoms with Gasteiger partial charge in [0.1, 0.15) is 0 Å². The van der Waals surface area contributed by atoms with Gasteiger partial charge in [0.05, 0.1) is 0 Å². The van der Waals surface area contributed by atoms with Crippen LogP contribution in [0.3, 0.4) is 0 Å². The van der Waals surface area contributed by atoms with Crippen LogP contribution in [0, 0.1) is 0 Å². The molecule has 2 N–H and O–H groups in total. The fraction of sp³-hybridized carbons (Fsp3) is 0.680. The van der Waals surface area contributed by atoms with Crippen molar-refractivity contribution < 1.29 is 9.59 Å². The fourth-order valence-corrected chi connectivity index (χ4v) is 4.23. The largest absolute Gasteiger partial charge is 0.356 e. The van der Waals surface area contributed by atoms with E-state index >= 15 is 0 Å². The van der Waals surface area contributed by atoms with Gasteiger partial charge >= 0.3 is 0 Å². The standard InChI is InChI=1S/C25H39ClN2O2/c26-22-17-15-21(16-18-22)19-20-27-24(29)13-10-14-25(30)28-23-11-8-6-4-2-1-3-5-7-9-12-23/h15-18,23H,1-14,19-20H2,(H,27,29)(H,28,30). The number of halogens is 1.